The molecule has 3 aromatic heterocycles. The van der Waals surface area contributed by atoms with E-state index in [9.17, 15) is 38.4 Å². The molecule has 0 fully saturated rings. The number of carbonyl (C=O) groups is 8. The number of amides is 4. The molecular formula is C108H56N2O10S3. The molecule has 12 nitrogen and oxygen atoms in total. The fourth-order valence-electron chi connectivity index (χ4n) is 20.3. The molecule has 123 heavy (non-hydrogen) atoms. The molecule has 2 aliphatic carbocycles. The number of imide groups is 2. The Morgan fingerprint density at radius 3 is 0.780 bits per heavy atom. The molecule has 15 heteroatoms. The SMILES string of the molecule is O=C1CC(=O)c2ccc3c4c(ccc1c24)C(=O)NC3=O.O=C1CC(=O)c2ccc3c4ccc5c6c(ccc(c7ccc1c2c73)c64)C(=O)NC5=O.c1cc2c(s1)c1ccsc1c1ccsc21.c1cc2ccc3cccc4ccc(c1)c2c34.c1cc2ccc3oc4cccc5ccc6oc(c1)c2c3-c6c54.c1cc2cccc3c4cccc5cccc(c(c1)c23)c54. The summed E-state index contributed by atoms with van der Waals surface area (Å²) in [5.41, 5.74) is 9.53. The van der Waals surface area contributed by atoms with Crippen molar-refractivity contribution in [2.24, 2.45) is 0 Å². The second kappa shape index (κ2) is 26.5. The first kappa shape index (κ1) is 70.5. The zero-order valence-corrected chi connectivity index (χ0v) is 67.0. The zero-order valence-electron chi connectivity index (χ0n) is 64.6. The topological polar surface area (TPSA) is 187 Å². The number of hydrogen-bond acceptors (Lipinski definition) is 13. The number of thiophene rings is 3. The minimum absolute atomic E-state index is 0.100. The van der Waals surface area contributed by atoms with Crippen molar-refractivity contribution in [3.8, 4) is 11.1 Å². The quantitative estimate of drug-likeness (QED) is 0.0640. The molecule has 0 radical (unpaired) electrons. The van der Waals surface area contributed by atoms with Gasteiger partial charge in [-0.2, -0.15) is 0 Å². The van der Waals surface area contributed by atoms with Gasteiger partial charge in [0.25, 0.3) is 23.6 Å². The van der Waals surface area contributed by atoms with Crippen LogP contribution in [0.15, 0.2) is 310 Å². The van der Waals surface area contributed by atoms with Crippen LogP contribution in [0.5, 0.6) is 0 Å². The first-order valence-corrected chi connectivity index (χ1v) is 43.0. The van der Waals surface area contributed by atoms with E-state index in [1.807, 2.05) is 82.5 Å². The number of rotatable bonds is 0. The van der Waals surface area contributed by atoms with Gasteiger partial charge < -0.3 is 8.83 Å². The molecule has 4 aliphatic heterocycles. The highest BCUT2D eigenvalue weighted by Crippen LogP contribution is 2.51. The van der Waals surface area contributed by atoms with Crippen LogP contribution in [0.3, 0.4) is 0 Å². The molecule has 0 spiro atoms. The van der Waals surface area contributed by atoms with Crippen LogP contribution in [0.25, 0.3) is 215 Å². The van der Waals surface area contributed by atoms with Crippen molar-refractivity contribution in [2.45, 2.75) is 12.8 Å². The Bertz CT molecular complexity index is 8250. The number of carbonyl (C=O) groups excluding carboxylic acids is 8. The number of nitrogens with one attached hydrogen (secondary N) is 2. The highest BCUT2D eigenvalue weighted by atomic mass is 32.1. The Balaban J connectivity index is 0.0000000823. The molecule has 24 aromatic rings. The maximum Gasteiger partial charge on any atom is 0.258 e. The van der Waals surface area contributed by atoms with E-state index in [4.69, 9.17) is 8.83 Å². The van der Waals surface area contributed by atoms with Gasteiger partial charge in [-0.25, -0.2) is 0 Å². The van der Waals surface area contributed by atoms with Gasteiger partial charge in [-0.1, -0.05) is 206 Å². The minimum Gasteiger partial charge on any atom is -0.456 e. The lowest BCUT2D eigenvalue weighted by molar-refractivity contribution is 0.0828. The number of hydrogen-bond donors (Lipinski definition) is 2. The molecule has 2 N–H and O–H groups in total. The Hall–Kier alpha value is -15.5. The number of Topliss-reactive ketones (excluding diaryl/α,β-unsaturated/α-hetero) is 4. The van der Waals surface area contributed by atoms with Gasteiger partial charge in [-0.15, -0.1) is 34.0 Å². The van der Waals surface area contributed by atoms with Gasteiger partial charge in [0.15, 0.2) is 23.1 Å². The second-order valence-electron chi connectivity index (χ2n) is 31.8. The first-order chi connectivity index (χ1) is 60.3. The van der Waals surface area contributed by atoms with Crippen LogP contribution in [-0.2, 0) is 0 Å². The third kappa shape index (κ3) is 10.3. The average molecular weight is 1640 g/mol. The van der Waals surface area contributed by atoms with Gasteiger partial charge in [-0.05, 0) is 213 Å². The van der Waals surface area contributed by atoms with Crippen molar-refractivity contribution in [2.75, 3.05) is 0 Å². The summed E-state index contributed by atoms with van der Waals surface area (Å²) in [6.45, 7) is 0. The normalized spacial score (nSPS) is 13.7. The van der Waals surface area contributed by atoms with E-state index >= 15 is 0 Å². The van der Waals surface area contributed by atoms with Crippen molar-refractivity contribution in [3.63, 3.8) is 0 Å². The lowest BCUT2D eigenvalue weighted by Gasteiger charge is -2.23. The monoisotopic (exact) mass is 1640 g/mol. The van der Waals surface area contributed by atoms with Crippen LogP contribution in [0.2, 0.25) is 0 Å². The maximum absolute atomic E-state index is 12.6. The van der Waals surface area contributed by atoms with Crippen LogP contribution >= 0.6 is 34.0 Å². The van der Waals surface area contributed by atoms with Crippen molar-refractivity contribution in [1.29, 1.82) is 0 Å². The van der Waals surface area contributed by atoms with Crippen molar-refractivity contribution in [1.82, 2.24) is 10.6 Å². The van der Waals surface area contributed by atoms with E-state index in [1.54, 1.807) is 36.4 Å². The largest absolute Gasteiger partial charge is 0.456 e. The Labute approximate surface area is 706 Å². The van der Waals surface area contributed by atoms with Crippen LogP contribution in [-0.4, -0.2) is 46.8 Å². The third-order valence-electron chi connectivity index (χ3n) is 25.5. The summed E-state index contributed by atoms with van der Waals surface area (Å²) in [6, 6.07) is 96.5. The summed E-state index contributed by atoms with van der Waals surface area (Å²) >= 11 is 5.56. The maximum atomic E-state index is 12.6. The molecule has 4 amide bonds. The molecule has 21 aromatic carbocycles. The van der Waals surface area contributed by atoms with E-state index in [1.165, 1.54) is 140 Å². The van der Waals surface area contributed by atoms with Gasteiger partial charge in [-0.3, -0.25) is 49.0 Å². The second-order valence-corrected chi connectivity index (χ2v) is 34.6. The predicted molar refractivity (Wildman–Crippen MR) is 501 cm³/mol. The smallest absolute Gasteiger partial charge is 0.258 e. The van der Waals surface area contributed by atoms with Gasteiger partial charge in [0, 0.05) is 118 Å². The summed E-state index contributed by atoms with van der Waals surface area (Å²) in [6.07, 6.45) is -0.266. The Morgan fingerprint density at radius 2 is 0.439 bits per heavy atom. The molecule has 0 bridgehead atoms. The van der Waals surface area contributed by atoms with E-state index in [0.717, 1.165) is 65.4 Å². The first-order valence-electron chi connectivity index (χ1n) is 40.4. The Kier molecular flexibility index (Phi) is 15.2. The van der Waals surface area contributed by atoms with Gasteiger partial charge >= 0.3 is 0 Å². The number of fused-ring (bicyclic) bond motifs is 10. The van der Waals surface area contributed by atoms with Crippen molar-refractivity contribution in [3.05, 3.63) is 346 Å². The van der Waals surface area contributed by atoms with Gasteiger partial charge in [0.2, 0.25) is 0 Å². The standard InChI is InChI=1S/C25H11NO4.C20H10O2.C20H12.C16H10.C15H7NO4.C12H6S3/c27-18-9-19(28)15-6-2-11-13-4-8-17-23-16(24(29)26-25(17)30)7-3-12(21(13)23)10-1-5-14(18)22(15)20(10)11;1-3-11-7-9-16-19-17(11)13(5-1)21-15-10-8-12-4-2-6-14(22-16)18(12)20(15)19;1-5-13-6-2-11-17-18-12-4-8-14-7-3-10-16(20(14)18)15(9-1)19(13)17;1-3-11-7-9-13-5-2-6-14-10-8-12(4-1)15(11)16(13)14;17-10-5-11(18)7-2-4-9-13-8(14(19)16-15(9)20)3-1-6(10)12(7)13;1-4-13-10-7(1)11-9(2-5-14-11)12-8(10)3-6-15-12/h1-8H,9H2,(H,26,29,30);1-10H;1-12H;1-10H;1-4H,5H2,(H,16,19,20);1-6H. The van der Waals surface area contributed by atoms with Crippen LogP contribution in [0.4, 0.5) is 0 Å². The zero-order chi connectivity index (χ0) is 82.1. The van der Waals surface area contributed by atoms with Crippen LogP contribution < -0.4 is 10.6 Å². The van der Waals surface area contributed by atoms with E-state index in [0.29, 0.717) is 66.1 Å². The summed E-state index contributed by atoms with van der Waals surface area (Å²) < 4.78 is 16.7. The van der Waals surface area contributed by atoms with Gasteiger partial charge in [0.1, 0.15) is 22.3 Å². The molecule has 30 rings (SSSR count). The predicted octanol–water partition coefficient (Wildman–Crippen LogP) is 27.6. The van der Waals surface area contributed by atoms with Gasteiger partial charge in [0.05, 0.1) is 12.8 Å². The summed E-state index contributed by atoms with van der Waals surface area (Å²) in [5.74, 6) is -2.67. The minimum atomic E-state index is -0.503. The number of ketones is 4. The van der Waals surface area contributed by atoms with Crippen LogP contribution in [0, 0.1) is 0 Å². The fraction of sp³-hybridized carbons (Fsp3) is 0.0185. The average Bonchev–Trinajstić information content (AvgIpc) is 1.66. The van der Waals surface area contributed by atoms with E-state index in [2.05, 4.69) is 215 Å². The van der Waals surface area contributed by atoms with E-state index in [-0.39, 0.29) is 36.0 Å². The molecule has 7 heterocycles. The molecule has 6 aliphatic rings. The molecule has 0 atom stereocenters. The highest BCUT2D eigenvalue weighted by Gasteiger charge is 2.35. The van der Waals surface area contributed by atoms with Crippen molar-refractivity contribution < 1.29 is 47.2 Å². The molecule has 576 valence electrons. The van der Waals surface area contributed by atoms with Crippen molar-refractivity contribution >= 4 is 284 Å². The third-order valence-corrected chi connectivity index (χ3v) is 28.3. The van der Waals surface area contributed by atoms with E-state index < -0.39 is 23.6 Å². The number of benzene rings is 21. The summed E-state index contributed by atoms with van der Waals surface area (Å²) in [4.78, 5) is 97.7. The molecule has 0 saturated carbocycles. The summed E-state index contributed by atoms with van der Waals surface area (Å²) in [5, 5.41) is 46.8. The lowest BCUT2D eigenvalue weighted by atomic mass is 9.80. The summed E-state index contributed by atoms with van der Waals surface area (Å²) in [7, 11) is 0. The Morgan fingerprint density at radius 1 is 0.195 bits per heavy atom. The molecule has 0 unspecified atom stereocenters. The molecule has 0 saturated heterocycles. The highest BCUT2D eigenvalue weighted by molar-refractivity contribution is 7.25. The van der Waals surface area contributed by atoms with Crippen LogP contribution in [0.1, 0.15) is 95.7 Å². The lowest BCUT2D eigenvalue weighted by Crippen LogP contribution is -2.35. The molecular weight excluding hydrogens is 1580 g/mol. The fourth-order valence-corrected chi connectivity index (χ4v) is 23.3.